The Balaban J connectivity index is 1.64. The molecule has 7 nitrogen and oxygen atoms in total. The molecule has 1 fully saturated rings. The number of pyridine rings is 2. The van der Waals surface area contributed by atoms with Crippen LogP contribution in [0.1, 0.15) is 11.1 Å². The van der Waals surface area contributed by atoms with Crippen LogP contribution in [-0.2, 0) is 13.6 Å². The topological polar surface area (TPSA) is 85.4 Å². The van der Waals surface area contributed by atoms with Crippen LogP contribution in [0.15, 0.2) is 41.2 Å². The Bertz CT molecular complexity index is 1180. The summed E-state index contributed by atoms with van der Waals surface area (Å²) in [5, 5.41) is 19.6. The summed E-state index contributed by atoms with van der Waals surface area (Å²) in [4.78, 5) is 21.5. The molecule has 0 aliphatic carbocycles. The average Bonchev–Trinajstić information content (AvgIpc) is 2.71. The third-order valence-corrected chi connectivity index (χ3v) is 5.51. The van der Waals surface area contributed by atoms with E-state index in [0.29, 0.717) is 35.0 Å². The van der Waals surface area contributed by atoms with E-state index in [1.165, 1.54) is 4.57 Å². The van der Waals surface area contributed by atoms with Crippen LogP contribution >= 0.6 is 11.6 Å². The number of phenolic OH excluding ortho intramolecular Hbond substituents is 1. The van der Waals surface area contributed by atoms with Crippen molar-refractivity contribution in [1.29, 1.82) is 5.26 Å². The molecule has 8 heteroatoms. The first-order valence-corrected chi connectivity index (χ1v) is 9.70. The number of fused-ring (bicyclic) bond motifs is 1. The standard InChI is InChI=1S/C21H20ClN5O2/c1-25-17-5-6-18(22)24-19(17)20(16(12-23)21(25)29)27-9-7-26(8-10-27)13-14-3-2-4-15(28)11-14/h2-6,11,28H,7-10,13H2,1H3. The molecule has 3 aromatic rings. The van der Waals surface area contributed by atoms with Crippen molar-refractivity contribution in [3.05, 3.63) is 63.0 Å². The second-order valence-corrected chi connectivity index (χ2v) is 7.52. The van der Waals surface area contributed by atoms with E-state index in [-0.39, 0.29) is 16.9 Å². The van der Waals surface area contributed by atoms with Gasteiger partial charge in [0.1, 0.15) is 28.1 Å². The lowest BCUT2D eigenvalue weighted by Gasteiger charge is -2.36. The van der Waals surface area contributed by atoms with Crippen molar-refractivity contribution in [3.63, 3.8) is 0 Å². The maximum atomic E-state index is 12.7. The lowest BCUT2D eigenvalue weighted by Crippen LogP contribution is -2.47. The molecule has 29 heavy (non-hydrogen) atoms. The minimum atomic E-state index is -0.332. The van der Waals surface area contributed by atoms with E-state index in [4.69, 9.17) is 11.6 Å². The summed E-state index contributed by atoms with van der Waals surface area (Å²) in [5.74, 6) is 0.259. The molecule has 1 saturated heterocycles. The van der Waals surface area contributed by atoms with E-state index in [1.807, 2.05) is 17.0 Å². The zero-order valence-electron chi connectivity index (χ0n) is 16.0. The highest BCUT2D eigenvalue weighted by Crippen LogP contribution is 2.29. The summed E-state index contributed by atoms with van der Waals surface area (Å²) in [6.07, 6.45) is 0. The van der Waals surface area contributed by atoms with Gasteiger partial charge in [0, 0.05) is 39.8 Å². The van der Waals surface area contributed by atoms with Gasteiger partial charge in [-0.25, -0.2) is 4.98 Å². The summed E-state index contributed by atoms with van der Waals surface area (Å²) in [5.41, 5.74) is 2.58. The van der Waals surface area contributed by atoms with Crippen molar-refractivity contribution in [2.75, 3.05) is 31.1 Å². The molecule has 0 bridgehead atoms. The van der Waals surface area contributed by atoms with Crippen LogP contribution < -0.4 is 10.5 Å². The number of halogens is 1. The predicted octanol–water partition coefficient (Wildman–Crippen LogP) is 2.49. The van der Waals surface area contributed by atoms with Crippen molar-refractivity contribution in [2.45, 2.75) is 6.54 Å². The monoisotopic (exact) mass is 409 g/mol. The number of aryl methyl sites for hydroxylation is 1. The number of phenols is 1. The normalized spacial score (nSPS) is 14.9. The van der Waals surface area contributed by atoms with Crippen LogP contribution in [0.5, 0.6) is 5.75 Å². The number of aromatic nitrogens is 2. The number of nitrogens with zero attached hydrogens (tertiary/aromatic N) is 5. The zero-order valence-corrected chi connectivity index (χ0v) is 16.7. The summed E-state index contributed by atoms with van der Waals surface area (Å²) in [7, 11) is 1.64. The third-order valence-electron chi connectivity index (χ3n) is 5.30. The Morgan fingerprint density at radius 2 is 1.97 bits per heavy atom. The largest absolute Gasteiger partial charge is 0.508 e. The third kappa shape index (κ3) is 3.65. The molecule has 0 atom stereocenters. The molecular weight excluding hydrogens is 390 g/mol. The van der Waals surface area contributed by atoms with Crippen LogP contribution in [0, 0.1) is 11.3 Å². The summed E-state index contributed by atoms with van der Waals surface area (Å²) in [6.45, 7) is 3.57. The van der Waals surface area contributed by atoms with E-state index in [1.54, 1.807) is 31.3 Å². The number of benzene rings is 1. The Morgan fingerprint density at radius 3 is 2.66 bits per heavy atom. The fourth-order valence-electron chi connectivity index (χ4n) is 3.82. The molecule has 148 valence electrons. The fraction of sp³-hybridized carbons (Fsp3) is 0.286. The van der Waals surface area contributed by atoms with Crippen molar-refractivity contribution in [1.82, 2.24) is 14.5 Å². The number of hydrogen-bond acceptors (Lipinski definition) is 6. The summed E-state index contributed by atoms with van der Waals surface area (Å²) < 4.78 is 1.44. The highest BCUT2D eigenvalue weighted by Gasteiger charge is 2.25. The molecular formula is C21H20ClN5O2. The van der Waals surface area contributed by atoms with Crippen molar-refractivity contribution in [2.24, 2.45) is 7.05 Å². The van der Waals surface area contributed by atoms with Gasteiger partial charge in [-0.05, 0) is 29.8 Å². The molecule has 3 heterocycles. The van der Waals surface area contributed by atoms with Gasteiger partial charge in [0.05, 0.1) is 11.2 Å². The molecule has 1 N–H and O–H groups in total. The maximum absolute atomic E-state index is 12.7. The van der Waals surface area contributed by atoms with Gasteiger partial charge in [-0.1, -0.05) is 23.7 Å². The molecule has 4 rings (SSSR count). The van der Waals surface area contributed by atoms with Crippen molar-refractivity contribution in [3.8, 4) is 11.8 Å². The zero-order chi connectivity index (χ0) is 20.5. The highest BCUT2D eigenvalue weighted by atomic mass is 35.5. The van der Waals surface area contributed by atoms with Gasteiger partial charge >= 0.3 is 0 Å². The molecule has 0 radical (unpaired) electrons. The number of anilines is 1. The van der Waals surface area contributed by atoms with E-state index in [9.17, 15) is 15.2 Å². The minimum Gasteiger partial charge on any atom is -0.508 e. The first-order valence-electron chi connectivity index (χ1n) is 9.32. The van der Waals surface area contributed by atoms with Gasteiger partial charge in [-0.2, -0.15) is 5.26 Å². The SMILES string of the molecule is Cn1c(=O)c(C#N)c(N2CCN(Cc3cccc(O)c3)CC2)c2nc(Cl)ccc21. The summed E-state index contributed by atoms with van der Waals surface area (Å²) >= 11 is 6.11. The fourth-order valence-corrected chi connectivity index (χ4v) is 3.97. The number of piperazine rings is 1. The van der Waals surface area contributed by atoms with Crippen LogP contribution in [0.2, 0.25) is 5.15 Å². The Labute approximate surface area is 173 Å². The molecule has 0 saturated carbocycles. The Morgan fingerprint density at radius 1 is 1.21 bits per heavy atom. The van der Waals surface area contributed by atoms with Crippen molar-refractivity contribution < 1.29 is 5.11 Å². The van der Waals surface area contributed by atoms with Gasteiger partial charge < -0.3 is 14.6 Å². The molecule has 0 unspecified atom stereocenters. The first-order chi connectivity index (χ1) is 14.0. The summed E-state index contributed by atoms with van der Waals surface area (Å²) in [6, 6.07) is 12.7. The first kappa shape index (κ1) is 19.2. The maximum Gasteiger partial charge on any atom is 0.270 e. The minimum absolute atomic E-state index is 0.0937. The van der Waals surface area contributed by atoms with Crippen molar-refractivity contribution >= 4 is 28.3 Å². The molecule has 2 aromatic heterocycles. The van der Waals surface area contributed by atoms with Gasteiger partial charge in [0.25, 0.3) is 5.56 Å². The highest BCUT2D eigenvalue weighted by molar-refractivity contribution is 6.29. The predicted molar refractivity (Wildman–Crippen MR) is 112 cm³/mol. The Kier molecular flexibility index (Phi) is 5.14. The van der Waals surface area contributed by atoms with Gasteiger partial charge in [0.15, 0.2) is 0 Å². The second-order valence-electron chi connectivity index (χ2n) is 7.13. The number of rotatable bonds is 3. The number of aromatic hydroxyl groups is 1. The lowest BCUT2D eigenvalue weighted by atomic mass is 10.1. The van der Waals surface area contributed by atoms with E-state index in [0.717, 1.165) is 25.2 Å². The molecule has 1 aliphatic rings. The lowest BCUT2D eigenvalue weighted by molar-refractivity contribution is 0.249. The van der Waals surface area contributed by atoms with Gasteiger partial charge in [0.2, 0.25) is 0 Å². The smallest absolute Gasteiger partial charge is 0.270 e. The Hall–Kier alpha value is -3.08. The van der Waals surface area contributed by atoms with Gasteiger partial charge in [-0.15, -0.1) is 0 Å². The molecule has 0 amide bonds. The van der Waals surface area contributed by atoms with E-state index in [2.05, 4.69) is 16.0 Å². The quantitative estimate of drug-likeness (QED) is 0.669. The number of hydrogen-bond donors (Lipinski definition) is 1. The van der Waals surface area contributed by atoms with Crippen LogP contribution in [0.3, 0.4) is 0 Å². The van der Waals surface area contributed by atoms with E-state index < -0.39 is 0 Å². The molecule has 1 aliphatic heterocycles. The van der Waals surface area contributed by atoms with Crippen LogP contribution in [0.4, 0.5) is 5.69 Å². The average molecular weight is 410 g/mol. The van der Waals surface area contributed by atoms with Crippen LogP contribution in [-0.4, -0.2) is 45.7 Å². The number of nitriles is 1. The van der Waals surface area contributed by atoms with E-state index >= 15 is 0 Å². The van der Waals surface area contributed by atoms with Gasteiger partial charge in [-0.3, -0.25) is 9.69 Å². The molecule has 1 aromatic carbocycles. The van der Waals surface area contributed by atoms with Crippen LogP contribution in [0.25, 0.3) is 11.0 Å². The molecule has 0 spiro atoms. The second kappa shape index (κ2) is 7.74.